The maximum Gasteiger partial charge on any atom is 0.235 e. The molecule has 1 amide bonds. The van der Waals surface area contributed by atoms with Gasteiger partial charge in [-0.25, -0.2) is 0 Å². The number of carbonyl (C=O) groups is 1. The molecule has 2 N–H and O–H groups in total. The highest BCUT2D eigenvalue weighted by Gasteiger charge is 2.34. The highest BCUT2D eigenvalue weighted by molar-refractivity contribution is 5.79. The predicted molar refractivity (Wildman–Crippen MR) is 82.7 cm³/mol. The normalized spacial score (nSPS) is 26.0. The Labute approximate surface area is 128 Å². The molecule has 0 bridgehead atoms. The lowest BCUT2D eigenvalue weighted by Crippen LogP contribution is -2.54. The zero-order valence-corrected chi connectivity index (χ0v) is 13.2. The molecule has 21 heavy (non-hydrogen) atoms. The third-order valence-corrected chi connectivity index (χ3v) is 4.84. The number of nitriles is 1. The first-order chi connectivity index (χ1) is 10.2. The summed E-state index contributed by atoms with van der Waals surface area (Å²) < 4.78 is 0. The van der Waals surface area contributed by atoms with Crippen LogP contribution in [0.3, 0.4) is 0 Å². The van der Waals surface area contributed by atoms with Crippen molar-refractivity contribution in [3.63, 3.8) is 0 Å². The topological polar surface area (TPSA) is 68.2 Å². The highest BCUT2D eigenvalue weighted by atomic mass is 16.2. The molecule has 5 nitrogen and oxygen atoms in total. The molecule has 1 saturated carbocycles. The van der Waals surface area contributed by atoms with Crippen LogP contribution < -0.4 is 10.6 Å². The van der Waals surface area contributed by atoms with E-state index >= 15 is 0 Å². The van der Waals surface area contributed by atoms with Gasteiger partial charge in [0.25, 0.3) is 0 Å². The second-order valence-corrected chi connectivity index (χ2v) is 6.48. The van der Waals surface area contributed by atoms with Crippen molar-refractivity contribution in [2.45, 2.75) is 62.9 Å². The molecule has 1 unspecified atom stereocenters. The molecular formula is C16H28N4O. The van der Waals surface area contributed by atoms with Gasteiger partial charge in [0.05, 0.1) is 12.6 Å². The summed E-state index contributed by atoms with van der Waals surface area (Å²) in [4.78, 5) is 14.6. The number of amides is 1. The quantitative estimate of drug-likeness (QED) is 0.804. The standard InChI is InChI=1S/C16H28N4O/c1-18-11-14-7-3-6-10-20(14)12-15(21)19-16(13-17)8-4-2-5-9-16/h14,18H,2-12H2,1H3,(H,19,21). The van der Waals surface area contributed by atoms with Gasteiger partial charge in [-0.05, 0) is 39.3 Å². The summed E-state index contributed by atoms with van der Waals surface area (Å²) in [5.74, 6) is 0.0152. The van der Waals surface area contributed by atoms with Crippen LogP contribution in [0.1, 0.15) is 51.4 Å². The first kappa shape index (κ1) is 16.3. The van der Waals surface area contributed by atoms with Crippen molar-refractivity contribution in [1.29, 1.82) is 5.26 Å². The number of likely N-dealkylation sites (N-methyl/N-ethyl adjacent to an activating group) is 1. The SMILES string of the molecule is CNCC1CCCCN1CC(=O)NC1(C#N)CCCCC1. The van der Waals surface area contributed by atoms with Crippen LogP contribution in [-0.2, 0) is 4.79 Å². The third-order valence-electron chi connectivity index (χ3n) is 4.84. The van der Waals surface area contributed by atoms with Crippen LogP contribution in [0.4, 0.5) is 0 Å². The number of nitrogens with zero attached hydrogens (tertiary/aromatic N) is 2. The number of likely N-dealkylation sites (tertiary alicyclic amines) is 1. The van der Waals surface area contributed by atoms with E-state index in [0.717, 1.165) is 51.6 Å². The van der Waals surface area contributed by atoms with Gasteiger partial charge < -0.3 is 10.6 Å². The average molecular weight is 292 g/mol. The average Bonchev–Trinajstić information content (AvgIpc) is 2.50. The number of hydrogen-bond donors (Lipinski definition) is 2. The fourth-order valence-corrected chi connectivity index (χ4v) is 3.65. The van der Waals surface area contributed by atoms with E-state index in [1.807, 2.05) is 7.05 Å². The van der Waals surface area contributed by atoms with E-state index in [4.69, 9.17) is 0 Å². The van der Waals surface area contributed by atoms with Crippen molar-refractivity contribution < 1.29 is 4.79 Å². The molecule has 1 aliphatic heterocycles. The molecule has 118 valence electrons. The minimum atomic E-state index is -0.608. The summed E-state index contributed by atoms with van der Waals surface area (Å²) >= 11 is 0. The van der Waals surface area contributed by atoms with Gasteiger partial charge in [-0.2, -0.15) is 5.26 Å². The predicted octanol–water partition coefficient (Wildman–Crippen LogP) is 1.40. The minimum Gasteiger partial charge on any atom is -0.337 e. The molecule has 0 aromatic carbocycles. The van der Waals surface area contributed by atoms with Crippen molar-refractivity contribution in [3.8, 4) is 6.07 Å². The molecule has 1 atom stereocenters. The molecule has 2 rings (SSSR count). The maximum absolute atomic E-state index is 12.4. The molecule has 1 aliphatic carbocycles. The lowest BCUT2D eigenvalue weighted by Gasteiger charge is -2.37. The Morgan fingerprint density at radius 3 is 2.71 bits per heavy atom. The Morgan fingerprint density at radius 2 is 2.05 bits per heavy atom. The molecule has 1 saturated heterocycles. The van der Waals surface area contributed by atoms with Gasteiger partial charge in [-0.1, -0.05) is 25.7 Å². The third kappa shape index (κ3) is 4.42. The Morgan fingerprint density at radius 1 is 1.29 bits per heavy atom. The summed E-state index contributed by atoms with van der Waals surface area (Å²) in [6.07, 6.45) is 8.42. The summed E-state index contributed by atoms with van der Waals surface area (Å²) in [5, 5.41) is 15.7. The fourth-order valence-electron chi connectivity index (χ4n) is 3.65. The van der Waals surface area contributed by atoms with Crippen LogP contribution in [-0.4, -0.2) is 49.1 Å². The van der Waals surface area contributed by atoms with Crippen LogP contribution in [0, 0.1) is 11.3 Å². The van der Waals surface area contributed by atoms with Gasteiger partial charge in [0.15, 0.2) is 0 Å². The van der Waals surface area contributed by atoms with Gasteiger partial charge in [0.1, 0.15) is 5.54 Å². The van der Waals surface area contributed by atoms with Crippen molar-refractivity contribution in [3.05, 3.63) is 0 Å². The van der Waals surface area contributed by atoms with Crippen LogP contribution in [0.5, 0.6) is 0 Å². The maximum atomic E-state index is 12.4. The lowest BCUT2D eigenvalue weighted by molar-refractivity contribution is -0.124. The van der Waals surface area contributed by atoms with Gasteiger partial charge >= 0.3 is 0 Å². The minimum absolute atomic E-state index is 0.0152. The van der Waals surface area contributed by atoms with Crippen molar-refractivity contribution in [2.75, 3.05) is 26.7 Å². The number of nitrogens with one attached hydrogen (secondary N) is 2. The van der Waals surface area contributed by atoms with E-state index in [1.165, 1.54) is 12.8 Å². The van der Waals surface area contributed by atoms with Crippen molar-refractivity contribution >= 4 is 5.91 Å². The summed E-state index contributed by atoms with van der Waals surface area (Å²) in [5.41, 5.74) is -0.608. The largest absolute Gasteiger partial charge is 0.337 e. The van der Waals surface area contributed by atoms with Gasteiger partial charge in [-0.15, -0.1) is 0 Å². The first-order valence-electron chi connectivity index (χ1n) is 8.30. The van der Waals surface area contributed by atoms with Crippen LogP contribution in [0.2, 0.25) is 0 Å². The molecule has 0 spiro atoms. The molecule has 0 aromatic rings. The first-order valence-corrected chi connectivity index (χ1v) is 8.30. The second-order valence-electron chi connectivity index (χ2n) is 6.48. The number of hydrogen-bond acceptors (Lipinski definition) is 4. The summed E-state index contributed by atoms with van der Waals surface area (Å²) in [6, 6.07) is 2.80. The second kappa shape index (κ2) is 7.77. The number of carbonyl (C=O) groups excluding carboxylic acids is 1. The van der Waals surface area contributed by atoms with E-state index in [2.05, 4.69) is 21.6 Å². The fraction of sp³-hybridized carbons (Fsp3) is 0.875. The molecular weight excluding hydrogens is 264 g/mol. The zero-order chi connectivity index (χ0) is 15.1. The van der Waals surface area contributed by atoms with E-state index in [0.29, 0.717) is 12.6 Å². The molecule has 0 radical (unpaired) electrons. The van der Waals surface area contributed by atoms with Crippen molar-refractivity contribution in [2.24, 2.45) is 0 Å². The molecule has 5 heteroatoms. The Bertz CT molecular complexity index is 382. The molecule has 0 aromatic heterocycles. The Hall–Kier alpha value is -1.12. The Balaban J connectivity index is 1.89. The summed E-state index contributed by atoms with van der Waals surface area (Å²) in [6.45, 7) is 2.34. The van der Waals surface area contributed by atoms with Gasteiger partial charge in [0.2, 0.25) is 5.91 Å². The van der Waals surface area contributed by atoms with E-state index in [-0.39, 0.29) is 5.91 Å². The summed E-state index contributed by atoms with van der Waals surface area (Å²) in [7, 11) is 1.96. The van der Waals surface area contributed by atoms with E-state index in [1.54, 1.807) is 0 Å². The van der Waals surface area contributed by atoms with Crippen molar-refractivity contribution in [1.82, 2.24) is 15.5 Å². The number of piperidine rings is 1. The molecule has 1 heterocycles. The lowest BCUT2D eigenvalue weighted by atomic mass is 9.83. The number of rotatable bonds is 5. The van der Waals surface area contributed by atoms with Crippen LogP contribution in [0.15, 0.2) is 0 Å². The Kier molecular flexibility index (Phi) is 6.01. The van der Waals surface area contributed by atoms with Gasteiger partial charge in [-0.3, -0.25) is 9.69 Å². The smallest absolute Gasteiger partial charge is 0.235 e. The molecule has 2 aliphatic rings. The van der Waals surface area contributed by atoms with Crippen LogP contribution in [0.25, 0.3) is 0 Å². The molecule has 2 fully saturated rings. The highest BCUT2D eigenvalue weighted by Crippen LogP contribution is 2.27. The van der Waals surface area contributed by atoms with E-state index < -0.39 is 5.54 Å². The van der Waals surface area contributed by atoms with Crippen LogP contribution >= 0.6 is 0 Å². The van der Waals surface area contributed by atoms with E-state index in [9.17, 15) is 10.1 Å². The monoisotopic (exact) mass is 292 g/mol. The van der Waals surface area contributed by atoms with Gasteiger partial charge in [0, 0.05) is 12.6 Å². The zero-order valence-electron chi connectivity index (χ0n) is 13.2.